The average molecular weight is 416 g/mol. The Kier molecular flexibility index (Phi) is 6.19. The summed E-state index contributed by atoms with van der Waals surface area (Å²) in [5.74, 6) is -1.02. The van der Waals surface area contributed by atoms with E-state index in [4.69, 9.17) is 4.74 Å². The third-order valence-electron chi connectivity index (χ3n) is 5.90. The van der Waals surface area contributed by atoms with E-state index in [1.54, 1.807) is 12.1 Å². The van der Waals surface area contributed by atoms with Crippen molar-refractivity contribution in [2.24, 2.45) is 5.92 Å². The van der Waals surface area contributed by atoms with Gasteiger partial charge in [0.05, 0.1) is 31.0 Å². The lowest BCUT2D eigenvalue weighted by atomic mass is 10.1. The molecule has 0 unspecified atom stereocenters. The minimum Gasteiger partial charge on any atom is -0.478 e. The number of hydrogen-bond acceptors (Lipinski definition) is 6. The molecule has 2 N–H and O–H groups in total. The van der Waals surface area contributed by atoms with Crippen LogP contribution in [0.2, 0.25) is 0 Å². The number of nitrogens with zero attached hydrogens (tertiary/aromatic N) is 3. The van der Waals surface area contributed by atoms with Crippen molar-refractivity contribution in [1.29, 1.82) is 0 Å². The zero-order chi connectivity index (χ0) is 21.1. The van der Waals surface area contributed by atoms with Gasteiger partial charge in [0, 0.05) is 50.9 Å². The molecule has 1 aromatic rings. The Morgan fingerprint density at radius 2 is 1.73 bits per heavy atom. The maximum atomic E-state index is 12.4. The van der Waals surface area contributed by atoms with Gasteiger partial charge in [-0.05, 0) is 31.0 Å². The highest BCUT2D eigenvalue weighted by Gasteiger charge is 2.30. The largest absolute Gasteiger partial charge is 0.478 e. The number of ether oxygens (including phenoxy) is 1. The number of aromatic carboxylic acids is 1. The summed E-state index contributed by atoms with van der Waals surface area (Å²) in [6, 6.07) is 5.15. The van der Waals surface area contributed by atoms with E-state index >= 15 is 0 Å². The van der Waals surface area contributed by atoms with Crippen molar-refractivity contribution < 1.29 is 24.2 Å². The number of anilines is 2. The van der Waals surface area contributed by atoms with Crippen molar-refractivity contribution in [3.63, 3.8) is 0 Å². The van der Waals surface area contributed by atoms with Crippen LogP contribution >= 0.6 is 0 Å². The van der Waals surface area contributed by atoms with Gasteiger partial charge in [-0.3, -0.25) is 14.5 Å². The molecule has 2 amide bonds. The predicted octanol–water partition coefficient (Wildman–Crippen LogP) is 0.714. The first kappa shape index (κ1) is 20.6. The summed E-state index contributed by atoms with van der Waals surface area (Å²) in [7, 11) is 0. The molecule has 2 aliphatic heterocycles. The Labute approximate surface area is 175 Å². The summed E-state index contributed by atoms with van der Waals surface area (Å²) in [5, 5.41) is 12.3. The molecule has 0 bridgehead atoms. The summed E-state index contributed by atoms with van der Waals surface area (Å²) >= 11 is 0. The van der Waals surface area contributed by atoms with Gasteiger partial charge in [-0.2, -0.15) is 0 Å². The minimum absolute atomic E-state index is 0.0135. The number of carbonyl (C=O) groups is 3. The number of carboxylic acid groups (broad SMARTS) is 1. The molecule has 162 valence electrons. The quantitative estimate of drug-likeness (QED) is 0.704. The van der Waals surface area contributed by atoms with E-state index in [9.17, 15) is 19.5 Å². The van der Waals surface area contributed by atoms with E-state index in [1.807, 2.05) is 11.0 Å². The highest BCUT2D eigenvalue weighted by Crippen LogP contribution is 2.31. The molecule has 1 aliphatic carbocycles. The number of nitrogens with one attached hydrogen (secondary N) is 1. The van der Waals surface area contributed by atoms with Gasteiger partial charge in [0.25, 0.3) is 0 Å². The molecule has 0 spiro atoms. The Morgan fingerprint density at radius 3 is 2.37 bits per heavy atom. The molecule has 9 heteroatoms. The third kappa shape index (κ3) is 4.91. The van der Waals surface area contributed by atoms with Crippen molar-refractivity contribution in [1.82, 2.24) is 9.80 Å². The van der Waals surface area contributed by atoms with E-state index in [0.717, 1.165) is 31.6 Å². The lowest BCUT2D eigenvalue weighted by Crippen LogP contribution is -2.51. The molecule has 3 fully saturated rings. The van der Waals surface area contributed by atoms with Crippen LogP contribution in [0.5, 0.6) is 0 Å². The van der Waals surface area contributed by atoms with Crippen LogP contribution in [0.1, 0.15) is 23.2 Å². The molecular weight excluding hydrogens is 388 g/mol. The fourth-order valence-corrected chi connectivity index (χ4v) is 3.86. The second-order valence-electron chi connectivity index (χ2n) is 8.05. The number of rotatable bonds is 6. The zero-order valence-electron chi connectivity index (χ0n) is 17.0. The second-order valence-corrected chi connectivity index (χ2v) is 8.05. The number of benzene rings is 1. The summed E-state index contributed by atoms with van der Waals surface area (Å²) < 4.78 is 5.29. The van der Waals surface area contributed by atoms with Crippen LogP contribution in [0.3, 0.4) is 0 Å². The van der Waals surface area contributed by atoms with Gasteiger partial charge in [-0.1, -0.05) is 0 Å². The van der Waals surface area contributed by atoms with Crippen LogP contribution < -0.4 is 10.2 Å². The first-order valence-corrected chi connectivity index (χ1v) is 10.5. The summed E-state index contributed by atoms with van der Waals surface area (Å²) in [6.45, 7) is 5.80. The number of hydrogen-bond donors (Lipinski definition) is 2. The first-order valence-electron chi connectivity index (χ1n) is 10.5. The summed E-state index contributed by atoms with van der Waals surface area (Å²) in [4.78, 5) is 42.3. The highest BCUT2D eigenvalue weighted by atomic mass is 16.5. The molecule has 4 rings (SSSR count). The zero-order valence-corrected chi connectivity index (χ0v) is 17.0. The molecule has 0 atom stereocenters. The van der Waals surface area contributed by atoms with Crippen molar-refractivity contribution in [3.8, 4) is 0 Å². The Balaban J connectivity index is 1.34. The Bertz CT molecular complexity index is 812. The molecule has 1 aromatic carbocycles. The van der Waals surface area contributed by atoms with Gasteiger partial charge < -0.3 is 25.0 Å². The van der Waals surface area contributed by atoms with Gasteiger partial charge >= 0.3 is 5.97 Å². The van der Waals surface area contributed by atoms with Gasteiger partial charge in [0.1, 0.15) is 0 Å². The maximum absolute atomic E-state index is 12.4. The maximum Gasteiger partial charge on any atom is 0.337 e. The van der Waals surface area contributed by atoms with E-state index in [-0.39, 0.29) is 23.3 Å². The summed E-state index contributed by atoms with van der Waals surface area (Å²) in [5.41, 5.74) is 1.26. The monoisotopic (exact) mass is 416 g/mol. The van der Waals surface area contributed by atoms with E-state index < -0.39 is 5.97 Å². The van der Waals surface area contributed by atoms with Crippen LogP contribution in [0.15, 0.2) is 18.2 Å². The van der Waals surface area contributed by atoms with Crippen molar-refractivity contribution >= 4 is 29.2 Å². The van der Waals surface area contributed by atoms with E-state index in [1.165, 1.54) is 0 Å². The average Bonchev–Trinajstić information content (AvgIpc) is 3.61. The molecule has 0 aromatic heterocycles. The van der Waals surface area contributed by atoms with Crippen molar-refractivity contribution in [3.05, 3.63) is 23.8 Å². The smallest absolute Gasteiger partial charge is 0.337 e. The molecular formula is C21H28N4O5. The molecule has 1 saturated carbocycles. The molecule has 2 heterocycles. The van der Waals surface area contributed by atoms with E-state index in [2.05, 4.69) is 15.1 Å². The van der Waals surface area contributed by atoms with Gasteiger partial charge in [0.15, 0.2) is 0 Å². The van der Waals surface area contributed by atoms with Gasteiger partial charge in [0.2, 0.25) is 11.8 Å². The number of carboxylic acids is 1. The standard InChI is InChI=1S/C21H28N4O5/c26-19(25-9-11-30-12-10-25)14-23-5-7-24(8-6-23)16-3-4-18(17(13-16)21(28)29)22-20(27)15-1-2-15/h3-4,13,15H,1-2,5-12,14H2,(H,22,27)(H,28,29). The fourth-order valence-electron chi connectivity index (χ4n) is 3.86. The van der Waals surface area contributed by atoms with Gasteiger partial charge in [-0.25, -0.2) is 4.79 Å². The highest BCUT2D eigenvalue weighted by molar-refractivity contribution is 6.02. The Hall–Kier alpha value is -2.65. The molecule has 0 radical (unpaired) electrons. The molecule has 3 aliphatic rings. The lowest BCUT2D eigenvalue weighted by Gasteiger charge is -2.37. The predicted molar refractivity (Wildman–Crippen MR) is 111 cm³/mol. The number of morpholine rings is 1. The third-order valence-corrected chi connectivity index (χ3v) is 5.90. The van der Waals surface area contributed by atoms with E-state index in [0.29, 0.717) is 51.6 Å². The number of amides is 2. The number of piperazine rings is 1. The topological polar surface area (TPSA) is 102 Å². The van der Waals surface area contributed by atoms with Gasteiger partial charge in [-0.15, -0.1) is 0 Å². The minimum atomic E-state index is -1.06. The van der Waals surface area contributed by atoms with Crippen LogP contribution in [0, 0.1) is 5.92 Å². The normalized spacial score (nSPS) is 20.1. The molecule has 9 nitrogen and oxygen atoms in total. The van der Waals surface area contributed by atoms with Crippen molar-refractivity contribution in [2.75, 3.05) is 69.2 Å². The fraction of sp³-hybridized carbons (Fsp3) is 0.571. The van der Waals surface area contributed by atoms with Crippen LogP contribution in [0.25, 0.3) is 0 Å². The van der Waals surface area contributed by atoms with Crippen LogP contribution in [-0.4, -0.2) is 91.7 Å². The second kappa shape index (κ2) is 9.01. The molecule has 2 saturated heterocycles. The first-order chi connectivity index (χ1) is 14.5. The lowest BCUT2D eigenvalue weighted by molar-refractivity contribution is -0.136. The van der Waals surface area contributed by atoms with Crippen molar-refractivity contribution in [2.45, 2.75) is 12.8 Å². The summed E-state index contributed by atoms with van der Waals surface area (Å²) in [6.07, 6.45) is 1.73. The Morgan fingerprint density at radius 1 is 1.03 bits per heavy atom. The number of carbonyl (C=O) groups excluding carboxylic acids is 2. The SMILES string of the molecule is O=C(O)c1cc(N2CCN(CC(=O)N3CCOCC3)CC2)ccc1NC(=O)C1CC1. The van der Waals surface area contributed by atoms with Crippen LogP contribution in [0.4, 0.5) is 11.4 Å². The molecule has 30 heavy (non-hydrogen) atoms. The van der Waals surface area contributed by atoms with Crippen LogP contribution in [-0.2, 0) is 14.3 Å².